The first-order valence-corrected chi connectivity index (χ1v) is 5.73. The Morgan fingerprint density at radius 1 is 1.43 bits per heavy atom. The normalized spacial score (nSPS) is 40.3. The molecule has 0 spiro atoms. The number of fused-ring (bicyclic) bond motifs is 2. The lowest BCUT2D eigenvalue weighted by Gasteiger charge is -2.17. The van der Waals surface area contributed by atoms with E-state index >= 15 is 0 Å². The molecule has 0 N–H and O–H groups in total. The summed E-state index contributed by atoms with van der Waals surface area (Å²) in [6.45, 7) is 0. The standard InChI is InChI=1S/C12H16O2/c13-12(8-3-1-2-4-8)10-7-9-5-6-11(10)14-9/h3,9-11H,1-2,4-7H2. The van der Waals surface area contributed by atoms with E-state index in [4.69, 9.17) is 4.74 Å². The molecule has 3 unspecified atom stereocenters. The molecule has 2 heteroatoms. The molecule has 3 rings (SSSR count). The summed E-state index contributed by atoms with van der Waals surface area (Å²) in [4.78, 5) is 12.1. The minimum Gasteiger partial charge on any atom is -0.374 e. The van der Waals surface area contributed by atoms with Crippen LogP contribution < -0.4 is 0 Å². The summed E-state index contributed by atoms with van der Waals surface area (Å²) in [5.41, 5.74) is 1.09. The average Bonchev–Trinajstić information content (AvgIpc) is 2.93. The van der Waals surface area contributed by atoms with Crippen LogP contribution in [-0.2, 0) is 9.53 Å². The summed E-state index contributed by atoms with van der Waals surface area (Å²) < 4.78 is 5.72. The SMILES string of the molecule is O=C(C1=CCCC1)C1CC2CCC1O2. The summed E-state index contributed by atoms with van der Waals surface area (Å²) in [6, 6.07) is 0. The van der Waals surface area contributed by atoms with Crippen LogP contribution in [0.15, 0.2) is 11.6 Å². The number of hydrogen-bond acceptors (Lipinski definition) is 2. The lowest BCUT2D eigenvalue weighted by Crippen LogP contribution is -2.26. The Bertz CT molecular complexity index is 293. The highest BCUT2D eigenvalue weighted by Gasteiger charge is 2.44. The van der Waals surface area contributed by atoms with Gasteiger partial charge >= 0.3 is 0 Å². The maximum atomic E-state index is 12.1. The molecule has 2 bridgehead atoms. The molecule has 14 heavy (non-hydrogen) atoms. The molecule has 0 radical (unpaired) electrons. The van der Waals surface area contributed by atoms with Crippen molar-refractivity contribution in [2.45, 2.75) is 50.7 Å². The Morgan fingerprint density at radius 3 is 2.93 bits per heavy atom. The van der Waals surface area contributed by atoms with Crippen molar-refractivity contribution in [3.63, 3.8) is 0 Å². The summed E-state index contributed by atoms with van der Waals surface area (Å²) >= 11 is 0. The number of carbonyl (C=O) groups excluding carboxylic acids is 1. The third-order valence-electron chi connectivity index (χ3n) is 3.80. The molecule has 0 amide bonds. The Labute approximate surface area is 84.3 Å². The van der Waals surface area contributed by atoms with E-state index in [0.717, 1.165) is 31.3 Å². The topological polar surface area (TPSA) is 26.3 Å². The van der Waals surface area contributed by atoms with Crippen LogP contribution in [0.25, 0.3) is 0 Å². The second-order valence-electron chi connectivity index (χ2n) is 4.70. The first-order valence-electron chi connectivity index (χ1n) is 5.73. The van der Waals surface area contributed by atoms with Crippen LogP contribution in [0.1, 0.15) is 38.5 Å². The highest BCUT2D eigenvalue weighted by atomic mass is 16.5. The van der Waals surface area contributed by atoms with E-state index in [0.29, 0.717) is 11.9 Å². The predicted molar refractivity (Wildman–Crippen MR) is 52.9 cm³/mol. The van der Waals surface area contributed by atoms with Gasteiger partial charge in [-0.15, -0.1) is 0 Å². The molecule has 3 aliphatic rings. The molecule has 76 valence electrons. The number of ketones is 1. The van der Waals surface area contributed by atoms with Crippen molar-refractivity contribution in [2.24, 2.45) is 5.92 Å². The van der Waals surface area contributed by atoms with E-state index in [9.17, 15) is 4.79 Å². The zero-order valence-corrected chi connectivity index (χ0v) is 8.37. The van der Waals surface area contributed by atoms with Crippen molar-refractivity contribution >= 4 is 5.78 Å². The first-order chi connectivity index (χ1) is 6.84. The van der Waals surface area contributed by atoms with Gasteiger partial charge in [0.15, 0.2) is 5.78 Å². The molecule has 2 heterocycles. The van der Waals surface area contributed by atoms with Crippen LogP contribution in [-0.4, -0.2) is 18.0 Å². The van der Waals surface area contributed by atoms with Crippen molar-refractivity contribution < 1.29 is 9.53 Å². The zero-order chi connectivity index (χ0) is 9.54. The molecule has 0 aromatic rings. The van der Waals surface area contributed by atoms with Crippen molar-refractivity contribution in [3.8, 4) is 0 Å². The summed E-state index contributed by atoms with van der Waals surface area (Å²) in [5, 5.41) is 0. The quantitative estimate of drug-likeness (QED) is 0.670. The number of ether oxygens (including phenoxy) is 1. The van der Waals surface area contributed by atoms with Gasteiger partial charge in [-0.05, 0) is 44.1 Å². The van der Waals surface area contributed by atoms with Gasteiger partial charge in [-0.2, -0.15) is 0 Å². The van der Waals surface area contributed by atoms with Gasteiger partial charge in [-0.3, -0.25) is 4.79 Å². The molecule has 1 aliphatic carbocycles. The molecule has 0 aromatic heterocycles. The molecule has 0 saturated carbocycles. The van der Waals surface area contributed by atoms with E-state index in [1.165, 1.54) is 12.8 Å². The third kappa shape index (κ3) is 1.24. The van der Waals surface area contributed by atoms with Crippen molar-refractivity contribution in [1.82, 2.24) is 0 Å². The van der Waals surface area contributed by atoms with Crippen LogP contribution >= 0.6 is 0 Å². The highest BCUT2D eigenvalue weighted by Crippen LogP contribution is 2.41. The fraction of sp³-hybridized carbons (Fsp3) is 0.750. The first kappa shape index (κ1) is 8.66. The Kier molecular flexibility index (Phi) is 1.98. The van der Waals surface area contributed by atoms with Gasteiger partial charge in [0.25, 0.3) is 0 Å². The van der Waals surface area contributed by atoms with Crippen molar-refractivity contribution in [3.05, 3.63) is 11.6 Å². The summed E-state index contributed by atoms with van der Waals surface area (Å²) in [7, 11) is 0. The van der Waals surface area contributed by atoms with E-state index in [2.05, 4.69) is 6.08 Å². The largest absolute Gasteiger partial charge is 0.374 e. The molecule has 2 fully saturated rings. The maximum absolute atomic E-state index is 12.1. The van der Waals surface area contributed by atoms with Crippen LogP contribution in [0.2, 0.25) is 0 Å². The van der Waals surface area contributed by atoms with Crippen molar-refractivity contribution in [1.29, 1.82) is 0 Å². The smallest absolute Gasteiger partial charge is 0.164 e. The molecular weight excluding hydrogens is 176 g/mol. The lowest BCUT2D eigenvalue weighted by atomic mass is 9.83. The van der Waals surface area contributed by atoms with Crippen LogP contribution in [0, 0.1) is 5.92 Å². The average molecular weight is 192 g/mol. The molecule has 2 saturated heterocycles. The monoisotopic (exact) mass is 192 g/mol. The van der Waals surface area contributed by atoms with Crippen LogP contribution in [0.4, 0.5) is 0 Å². The third-order valence-corrected chi connectivity index (χ3v) is 3.80. The molecule has 2 aliphatic heterocycles. The molecule has 0 aromatic carbocycles. The number of hydrogen-bond donors (Lipinski definition) is 0. The van der Waals surface area contributed by atoms with Gasteiger partial charge in [0.05, 0.1) is 18.1 Å². The fourth-order valence-electron chi connectivity index (χ4n) is 3.05. The minimum atomic E-state index is 0.207. The molecular formula is C12H16O2. The van der Waals surface area contributed by atoms with E-state index in [1.54, 1.807) is 0 Å². The second kappa shape index (κ2) is 3.20. The molecule has 3 atom stereocenters. The second-order valence-corrected chi connectivity index (χ2v) is 4.70. The Morgan fingerprint density at radius 2 is 2.36 bits per heavy atom. The fourth-order valence-corrected chi connectivity index (χ4v) is 3.05. The Hall–Kier alpha value is -0.630. The van der Waals surface area contributed by atoms with E-state index in [-0.39, 0.29) is 12.0 Å². The summed E-state index contributed by atoms with van der Waals surface area (Å²) in [5.74, 6) is 0.604. The number of Topliss-reactive ketones (excluding diaryl/α,β-unsaturated/α-hetero) is 1. The summed E-state index contributed by atoms with van der Waals surface area (Å²) in [6.07, 6.45) is 9.33. The van der Waals surface area contributed by atoms with E-state index in [1.807, 2.05) is 0 Å². The van der Waals surface area contributed by atoms with Gasteiger partial charge in [0.2, 0.25) is 0 Å². The van der Waals surface area contributed by atoms with Crippen molar-refractivity contribution in [2.75, 3.05) is 0 Å². The van der Waals surface area contributed by atoms with Gasteiger partial charge in [-0.25, -0.2) is 0 Å². The predicted octanol–water partition coefficient (Wildman–Crippen LogP) is 2.23. The maximum Gasteiger partial charge on any atom is 0.164 e. The van der Waals surface area contributed by atoms with E-state index < -0.39 is 0 Å². The van der Waals surface area contributed by atoms with Gasteiger partial charge < -0.3 is 4.74 Å². The Balaban J connectivity index is 1.74. The number of rotatable bonds is 2. The van der Waals surface area contributed by atoms with Gasteiger partial charge in [-0.1, -0.05) is 6.08 Å². The number of allylic oxidation sites excluding steroid dienone is 2. The zero-order valence-electron chi connectivity index (χ0n) is 8.37. The van der Waals surface area contributed by atoms with Crippen LogP contribution in [0.5, 0.6) is 0 Å². The molecule has 2 nitrogen and oxygen atoms in total. The highest BCUT2D eigenvalue weighted by molar-refractivity contribution is 5.98. The van der Waals surface area contributed by atoms with Crippen LogP contribution in [0.3, 0.4) is 0 Å². The van der Waals surface area contributed by atoms with Gasteiger partial charge in [0, 0.05) is 0 Å². The lowest BCUT2D eigenvalue weighted by molar-refractivity contribution is -0.120. The van der Waals surface area contributed by atoms with Gasteiger partial charge in [0.1, 0.15) is 0 Å². The minimum absolute atomic E-state index is 0.207. The number of carbonyl (C=O) groups is 1.